The molecule has 0 spiro atoms. The van der Waals surface area contributed by atoms with Crippen molar-refractivity contribution in [3.8, 4) is 0 Å². The number of amides is 1. The second-order valence-electron chi connectivity index (χ2n) is 9.31. The van der Waals surface area contributed by atoms with Gasteiger partial charge in [0, 0.05) is 5.39 Å². The van der Waals surface area contributed by atoms with E-state index < -0.39 is 5.91 Å². The van der Waals surface area contributed by atoms with Crippen molar-refractivity contribution in [2.45, 2.75) is 39.7 Å². The highest BCUT2D eigenvalue weighted by atomic mass is 16.2. The molecule has 1 N–H and O–H groups in total. The number of hydrazone groups is 1. The Morgan fingerprint density at radius 1 is 0.912 bits per heavy atom. The first-order valence-electron chi connectivity index (χ1n) is 11.2. The molecule has 0 aliphatic heterocycles. The zero-order valence-corrected chi connectivity index (χ0v) is 19.9. The highest BCUT2D eigenvalue weighted by molar-refractivity contribution is 6.06. The summed E-state index contributed by atoms with van der Waals surface area (Å²) in [5.41, 5.74) is 6.34. The first-order chi connectivity index (χ1) is 16.2. The number of benzene rings is 3. The minimum absolute atomic E-state index is 0.0629. The number of nitrogens with zero attached hydrogens (tertiary/aromatic N) is 3. The van der Waals surface area contributed by atoms with Crippen LogP contribution in [0.4, 0.5) is 0 Å². The third kappa shape index (κ3) is 4.96. The molecule has 172 valence electrons. The third-order valence-electron chi connectivity index (χ3n) is 5.75. The van der Waals surface area contributed by atoms with Crippen molar-refractivity contribution in [1.82, 2.24) is 15.2 Å². The number of carbonyl (C=O) groups excluding carboxylic acids is 1. The summed E-state index contributed by atoms with van der Waals surface area (Å²) in [7, 11) is 0. The molecule has 0 aliphatic rings. The standard InChI is InChI=1S/C28H28N4O2/c1-19(21-14-16-22(17-15-21)28(2,3)4)29-30-26(33)25-23-12-8-9-13-24(23)27(34)32(31-25)18-20-10-6-5-7-11-20/h5-17H,18H2,1-4H3,(H,30,33). The topological polar surface area (TPSA) is 76.3 Å². The summed E-state index contributed by atoms with van der Waals surface area (Å²) in [4.78, 5) is 26.1. The van der Waals surface area contributed by atoms with Gasteiger partial charge in [0.2, 0.25) is 0 Å². The lowest BCUT2D eigenvalue weighted by Gasteiger charge is -2.19. The Labute approximate surface area is 199 Å². The second-order valence-corrected chi connectivity index (χ2v) is 9.31. The summed E-state index contributed by atoms with van der Waals surface area (Å²) in [5, 5.41) is 9.64. The number of fused-ring (bicyclic) bond motifs is 1. The number of aromatic nitrogens is 2. The summed E-state index contributed by atoms with van der Waals surface area (Å²) in [6.07, 6.45) is 0. The number of hydrogen-bond donors (Lipinski definition) is 1. The molecular formula is C28H28N4O2. The zero-order valence-electron chi connectivity index (χ0n) is 19.9. The molecule has 0 fully saturated rings. The Morgan fingerprint density at radius 3 is 2.18 bits per heavy atom. The van der Waals surface area contributed by atoms with Gasteiger partial charge in [-0.3, -0.25) is 9.59 Å². The van der Waals surface area contributed by atoms with E-state index in [1.807, 2.05) is 49.4 Å². The minimum Gasteiger partial charge on any atom is -0.267 e. The molecule has 4 rings (SSSR count). The average molecular weight is 453 g/mol. The van der Waals surface area contributed by atoms with E-state index in [9.17, 15) is 9.59 Å². The molecule has 0 radical (unpaired) electrons. The number of carbonyl (C=O) groups is 1. The highest BCUT2D eigenvalue weighted by Gasteiger charge is 2.17. The van der Waals surface area contributed by atoms with Crippen LogP contribution in [0.2, 0.25) is 0 Å². The van der Waals surface area contributed by atoms with Gasteiger partial charge in [-0.05, 0) is 35.1 Å². The maximum atomic E-state index is 13.1. The molecule has 0 atom stereocenters. The lowest BCUT2D eigenvalue weighted by Crippen LogP contribution is -2.29. The first-order valence-corrected chi connectivity index (χ1v) is 11.2. The van der Waals surface area contributed by atoms with E-state index in [-0.39, 0.29) is 23.2 Å². The molecule has 34 heavy (non-hydrogen) atoms. The van der Waals surface area contributed by atoms with Crippen LogP contribution in [0.25, 0.3) is 10.8 Å². The normalized spacial score (nSPS) is 12.1. The van der Waals surface area contributed by atoms with Gasteiger partial charge in [-0.2, -0.15) is 10.2 Å². The Bertz CT molecular complexity index is 1410. The highest BCUT2D eigenvalue weighted by Crippen LogP contribution is 2.22. The van der Waals surface area contributed by atoms with Crippen LogP contribution in [0.1, 0.15) is 54.9 Å². The van der Waals surface area contributed by atoms with Crippen molar-refractivity contribution < 1.29 is 4.79 Å². The summed E-state index contributed by atoms with van der Waals surface area (Å²) < 4.78 is 1.33. The van der Waals surface area contributed by atoms with E-state index in [1.54, 1.807) is 24.3 Å². The van der Waals surface area contributed by atoms with E-state index in [4.69, 9.17) is 0 Å². The molecule has 0 bridgehead atoms. The van der Waals surface area contributed by atoms with Crippen LogP contribution in [0.15, 0.2) is 88.8 Å². The van der Waals surface area contributed by atoms with Crippen molar-refractivity contribution in [1.29, 1.82) is 0 Å². The summed E-state index contributed by atoms with van der Waals surface area (Å²) in [6, 6.07) is 24.7. The maximum Gasteiger partial charge on any atom is 0.292 e. The minimum atomic E-state index is -0.469. The third-order valence-corrected chi connectivity index (χ3v) is 5.75. The SMILES string of the molecule is CC(=NNC(=O)c1nn(Cc2ccccc2)c(=O)c2ccccc12)c1ccc(C(C)(C)C)cc1. The molecule has 0 saturated heterocycles. The fourth-order valence-electron chi connectivity index (χ4n) is 3.73. The van der Waals surface area contributed by atoms with Gasteiger partial charge in [0.05, 0.1) is 17.6 Å². The van der Waals surface area contributed by atoms with E-state index in [0.29, 0.717) is 16.5 Å². The lowest BCUT2D eigenvalue weighted by atomic mass is 9.86. The van der Waals surface area contributed by atoms with Crippen LogP contribution < -0.4 is 11.0 Å². The molecule has 0 saturated carbocycles. The fourth-order valence-corrected chi connectivity index (χ4v) is 3.73. The van der Waals surface area contributed by atoms with E-state index in [2.05, 4.69) is 48.5 Å². The van der Waals surface area contributed by atoms with Crippen LogP contribution in [0.5, 0.6) is 0 Å². The van der Waals surface area contributed by atoms with E-state index in [1.165, 1.54) is 10.2 Å². The van der Waals surface area contributed by atoms with Crippen LogP contribution in [-0.2, 0) is 12.0 Å². The molecule has 0 aliphatic carbocycles. The zero-order chi connectivity index (χ0) is 24.3. The van der Waals surface area contributed by atoms with E-state index in [0.717, 1.165) is 11.1 Å². The second kappa shape index (κ2) is 9.43. The molecule has 4 aromatic rings. The van der Waals surface area contributed by atoms with Gasteiger partial charge in [0.1, 0.15) is 0 Å². The monoisotopic (exact) mass is 452 g/mol. The average Bonchev–Trinajstić information content (AvgIpc) is 2.84. The number of rotatable bonds is 5. The van der Waals surface area contributed by atoms with Gasteiger partial charge in [0.25, 0.3) is 11.5 Å². The molecule has 0 unspecified atom stereocenters. The van der Waals surface area contributed by atoms with Crippen LogP contribution in [0.3, 0.4) is 0 Å². The Hall–Kier alpha value is -4.06. The van der Waals surface area contributed by atoms with Crippen molar-refractivity contribution in [3.05, 3.63) is 112 Å². The Balaban J connectivity index is 1.64. The summed E-state index contributed by atoms with van der Waals surface area (Å²) in [5.74, 6) is -0.469. The van der Waals surface area contributed by atoms with Crippen LogP contribution >= 0.6 is 0 Å². The van der Waals surface area contributed by atoms with Gasteiger partial charge in [-0.15, -0.1) is 0 Å². The van der Waals surface area contributed by atoms with Crippen molar-refractivity contribution in [2.75, 3.05) is 0 Å². The lowest BCUT2D eigenvalue weighted by molar-refractivity contribution is 0.0949. The van der Waals surface area contributed by atoms with Crippen molar-refractivity contribution in [2.24, 2.45) is 5.10 Å². The van der Waals surface area contributed by atoms with Crippen LogP contribution in [0, 0.1) is 0 Å². The Morgan fingerprint density at radius 2 is 1.53 bits per heavy atom. The summed E-state index contributed by atoms with van der Waals surface area (Å²) >= 11 is 0. The number of nitrogens with one attached hydrogen (secondary N) is 1. The largest absolute Gasteiger partial charge is 0.292 e. The quantitative estimate of drug-likeness (QED) is 0.346. The van der Waals surface area contributed by atoms with E-state index >= 15 is 0 Å². The van der Waals surface area contributed by atoms with Gasteiger partial charge in [0.15, 0.2) is 5.69 Å². The predicted molar refractivity (Wildman–Crippen MR) is 136 cm³/mol. The summed E-state index contributed by atoms with van der Waals surface area (Å²) in [6.45, 7) is 8.61. The molecule has 1 aromatic heterocycles. The molecular weight excluding hydrogens is 424 g/mol. The van der Waals surface area contributed by atoms with Crippen molar-refractivity contribution >= 4 is 22.4 Å². The van der Waals surface area contributed by atoms with Crippen molar-refractivity contribution in [3.63, 3.8) is 0 Å². The molecule has 6 nitrogen and oxygen atoms in total. The maximum absolute atomic E-state index is 13.1. The predicted octanol–water partition coefficient (Wildman–Crippen LogP) is 4.90. The van der Waals surface area contributed by atoms with Gasteiger partial charge >= 0.3 is 0 Å². The fraction of sp³-hybridized carbons (Fsp3) is 0.214. The van der Waals surface area contributed by atoms with Gasteiger partial charge in [-0.25, -0.2) is 10.1 Å². The molecule has 1 heterocycles. The Kier molecular flexibility index (Phi) is 6.41. The first kappa shape index (κ1) is 23.1. The van der Waals surface area contributed by atoms with Gasteiger partial charge < -0.3 is 0 Å². The smallest absolute Gasteiger partial charge is 0.267 e. The molecule has 6 heteroatoms. The molecule has 3 aromatic carbocycles. The van der Waals surface area contributed by atoms with Crippen LogP contribution in [-0.4, -0.2) is 21.4 Å². The number of hydrogen-bond acceptors (Lipinski definition) is 4. The molecule has 1 amide bonds. The van der Waals surface area contributed by atoms with Gasteiger partial charge in [-0.1, -0.05) is 93.6 Å².